The highest BCUT2D eigenvalue weighted by atomic mass is 32.2. The molecule has 2 N–H and O–H groups in total. The van der Waals surface area contributed by atoms with Crippen molar-refractivity contribution in [3.8, 4) is 0 Å². The quantitative estimate of drug-likeness (QED) is 0.102. The van der Waals surface area contributed by atoms with E-state index in [4.69, 9.17) is 0 Å². The number of nitrogens with zero attached hydrogens (tertiary/aromatic N) is 1. The van der Waals surface area contributed by atoms with Crippen molar-refractivity contribution in [1.82, 2.24) is 10.2 Å². The van der Waals surface area contributed by atoms with Gasteiger partial charge in [0.2, 0.25) is 0 Å². The first-order valence-electron chi connectivity index (χ1n) is 13.5. The first kappa shape index (κ1) is 28.6. The first-order valence-corrected chi connectivity index (χ1v) is 14.5. The highest BCUT2D eigenvalue weighted by molar-refractivity contribution is 7.99. The Bertz CT molecular complexity index is 1630. The molecule has 7 nitrogen and oxygen atoms in total. The molecule has 0 atom stereocenters. The van der Waals surface area contributed by atoms with Crippen LogP contribution in [0, 0.1) is 6.92 Å². The Labute approximate surface area is 248 Å². The van der Waals surface area contributed by atoms with Crippen molar-refractivity contribution in [2.75, 3.05) is 17.6 Å². The highest BCUT2D eigenvalue weighted by Gasteiger charge is 2.34. The molecular weight excluding hydrogens is 546 g/mol. The predicted molar refractivity (Wildman–Crippen MR) is 165 cm³/mol. The van der Waals surface area contributed by atoms with E-state index in [1.807, 2.05) is 55.5 Å². The maximum Gasteiger partial charge on any atom is 0.272 e. The molecule has 8 heteroatoms. The maximum atomic E-state index is 13.4. The number of aryl methyl sites for hydroxylation is 1. The van der Waals surface area contributed by atoms with Crippen molar-refractivity contribution in [1.29, 1.82) is 0 Å². The SMILES string of the molecule is Cc1ccc(/C=C(/NC(=O)c2ccccc2)C(=O)Nc2cccc(SCCCN3C(=O)c4ccccc4C3=O)c2)cc1. The number of hydrogen-bond acceptors (Lipinski definition) is 5. The molecule has 0 saturated heterocycles. The summed E-state index contributed by atoms with van der Waals surface area (Å²) in [5.74, 6) is -0.659. The molecule has 5 rings (SSSR count). The molecule has 0 aliphatic carbocycles. The standard InChI is InChI=1S/C34H29N3O4S/c1-23-15-17-24(18-16-23)21-30(36-31(38)25-9-3-2-4-10-25)32(39)35-26-11-7-12-27(22-26)42-20-8-19-37-33(40)28-13-5-6-14-29(28)34(37)41/h2-7,9-18,21-22H,8,19-20H2,1H3,(H,35,39)(H,36,38)/b30-21+. The van der Waals surface area contributed by atoms with Crippen LogP contribution in [-0.2, 0) is 4.79 Å². The molecule has 0 saturated carbocycles. The minimum absolute atomic E-state index is 0.117. The van der Waals surface area contributed by atoms with Crippen LogP contribution in [-0.4, -0.2) is 40.8 Å². The van der Waals surface area contributed by atoms with Crippen molar-refractivity contribution in [2.24, 2.45) is 0 Å². The van der Waals surface area contributed by atoms with Gasteiger partial charge < -0.3 is 10.6 Å². The fourth-order valence-electron chi connectivity index (χ4n) is 4.49. The number of anilines is 1. The smallest absolute Gasteiger partial charge is 0.272 e. The largest absolute Gasteiger partial charge is 0.321 e. The van der Waals surface area contributed by atoms with Gasteiger partial charge in [-0.1, -0.05) is 66.2 Å². The third kappa shape index (κ3) is 6.85. The minimum atomic E-state index is -0.451. The number of hydrogen-bond donors (Lipinski definition) is 2. The molecule has 4 aromatic carbocycles. The van der Waals surface area contributed by atoms with Crippen LogP contribution in [0.25, 0.3) is 6.08 Å². The van der Waals surface area contributed by atoms with Crippen molar-refractivity contribution in [2.45, 2.75) is 18.2 Å². The average Bonchev–Trinajstić information content (AvgIpc) is 3.25. The number of imide groups is 1. The molecule has 1 heterocycles. The van der Waals surface area contributed by atoms with Gasteiger partial charge >= 0.3 is 0 Å². The Morgan fingerprint density at radius 2 is 1.48 bits per heavy atom. The van der Waals surface area contributed by atoms with E-state index in [2.05, 4.69) is 10.6 Å². The molecule has 0 unspecified atom stereocenters. The second kappa shape index (κ2) is 13.1. The monoisotopic (exact) mass is 575 g/mol. The van der Waals surface area contributed by atoms with Crippen molar-refractivity contribution in [3.63, 3.8) is 0 Å². The summed E-state index contributed by atoms with van der Waals surface area (Å²) in [7, 11) is 0. The second-order valence-corrected chi connectivity index (χ2v) is 10.9. The van der Waals surface area contributed by atoms with E-state index < -0.39 is 5.91 Å². The van der Waals surface area contributed by atoms with Crippen LogP contribution < -0.4 is 10.6 Å². The number of amides is 4. The molecule has 0 aromatic heterocycles. The number of fused-ring (bicyclic) bond motifs is 1. The average molecular weight is 576 g/mol. The van der Waals surface area contributed by atoms with Gasteiger partial charge in [-0.15, -0.1) is 11.8 Å². The van der Waals surface area contributed by atoms with Crippen LogP contribution in [0.1, 0.15) is 48.6 Å². The number of nitrogens with one attached hydrogen (secondary N) is 2. The highest BCUT2D eigenvalue weighted by Crippen LogP contribution is 2.25. The Balaban J connectivity index is 1.21. The predicted octanol–water partition coefficient (Wildman–Crippen LogP) is 6.18. The third-order valence-corrected chi connectivity index (χ3v) is 7.76. The number of carbonyl (C=O) groups is 4. The zero-order chi connectivity index (χ0) is 29.5. The summed E-state index contributed by atoms with van der Waals surface area (Å²) in [5.41, 5.74) is 3.91. The molecule has 1 aliphatic heterocycles. The fourth-order valence-corrected chi connectivity index (χ4v) is 5.38. The van der Waals surface area contributed by atoms with Gasteiger partial charge in [0, 0.05) is 22.7 Å². The molecule has 4 aromatic rings. The van der Waals surface area contributed by atoms with E-state index in [0.717, 1.165) is 16.0 Å². The van der Waals surface area contributed by atoms with E-state index in [-0.39, 0.29) is 23.4 Å². The summed E-state index contributed by atoms with van der Waals surface area (Å²) in [6.07, 6.45) is 2.27. The molecule has 4 amide bonds. The normalized spacial score (nSPS) is 12.7. The Kier molecular flexibility index (Phi) is 8.94. The summed E-state index contributed by atoms with van der Waals surface area (Å²) in [6.45, 7) is 2.32. The van der Waals surface area contributed by atoms with Crippen molar-refractivity contribution in [3.05, 3.63) is 137 Å². The molecule has 0 fully saturated rings. The van der Waals surface area contributed by atoms with E-state index in [9.17, 15) is 19.2 Å². The maximum absolute atomic E-state index is 13.4. The van der Waals surface area contributed by atoms with Gasteiger partial charge in [0.25, 0.3) is 23.6 Å². The molecule has 0 radical (unpaired) electrons. The van der Waals surface area contributed by atoms with Gasteiger partial charge in [-0.05, 0) is 73.2 Å². The topological polar surface area (TPSA) is 95.6 Å². The summed E-state index contributed by atoms with van der Waals surface area (Å²) >= 11 is 1.57. The van der Waals surface area contributed by atoms with E-state index in [0.29, 0.717) is 41.1 Å². The Hall–Kier alpha value is -4.95. The summed E-state index contributed by atoms with van der Waals surface area (Å²) in [6, 6.07) is 30.7. The van der Waals surface area contributed by atoms with Gasteiger partial charge in [-0.25, -0.2) is 0 Å². The number of rotatable bonds is 10. The zero-order valence-electron chi connectivity index (χ0n) is 23.0. The van der Waals surface area contributed by atoms with E-state index >= 15 is 0 Å². The molecule has 210 valence electrons. The number of thioether (sulfide) groups is 1. The van der Waals surface area contributed by atoms with E-state index in [1.54, 1.807) is 72.4 Å². The van der Waals surface area contributed by atoms with Crippen molar-refractivity contribution < 1.29 is 19.2 Å². The van der Waals surface area contributed by atoms with Crippen molar-refractivity contribution >= 4 is 47.2 Å². The van der Waals surface area contributed by atoms with Crippen LogP contribution in [0.4, 0.5) is 5.69 Å². The molecule has 0 spiro atoms. The molecular formula is C34H29N3O4S. The van der Waals surface area contributed by atoms with Gasteiger partial charge in [-0.2, -0.15) is 0 Å². The van der Waals surface area contributed by atoms with Crippen LogP contribution >= 0.6 is 11.8 Å². The van der Waals surface area contributed by atoms with Crippen LogP contribution in [0.2, 0.25) is 0 Å². The summed E-state index contributed by atoms with van der Waals surface area (Å²) in [5, 5.41) is 5.65. The number of carbonyl (C=O) groups excluding carboxylic acids is 4. The Morgan fingerprint density at radius 3 is 2.17 bits per heavy atom. The van der Waals surface area contributed by atoms with Gasteiger partial charge in [0.05, 0.1) is 11.1 Å². The summed E-state index contributed by atoms with van der Waals surface area (Å²) in [4.78, 5) is 53.6. The lowest BCUT2D eigenvalue weighted by molar-refractivity contribution is -0.113. The van der Waals surface area contributed by atoms with Gasteiger partial charge in [-0.3, -0.25) is 24.1 Å². The van der Waals surface area contributed by atoms with Crippen LogP contribution in [0.15, 0.2) is 114 Å². The van der Waals surface area contributed by atoms with Gasteiger partial charge in [0.15, 0.2) is 0 Å². The number of benzene rings is 4. The fraction of sp³-hybridized carbons (Fsp3) is 0.118. The third-order valence-electron chi connectivity index (χ3n) is 6.68. The molecule has 42 heavy (non-hydrogen) atoms. The van der Waals surface area contributed by atoms with Crippen LogP contribution in [0.5, 0.6) is 0 Å². The Morgan fingerprint density at radius 1 is 0.810 bits per heavy atom. The zero-order valence-corrected chi connectivity index (χ0v) is 23.8. The lowest BCUT2D eigenvalue weighted by atomic mass is 10.1. The summed E-state index contributed by atoms with van der Waals surface area (Å²) < 4.78 is 0. The van der Waals surface area contributed by atoms with Crippen LogP contribution in [0.3, 0.4) is 0 Å². The second-order valence-electron chi connectivity index (χ2n) is 9.78. The first-order chi connectivity index (χ1) is 20.4. The molecule has 0 bridgehead atoms. The lowest BCUT2D eigenvalue weighted by Crippen LogP contribution is -2.31. The minimum Gasteiger partial charge on any atom is -0.321 e. The van der Waals surface area contributed by atoms with Gasteiger partial charge in [0.1, 0.15) is 5.70 Å². The molecule has 1 aliphatic rings. The van der Waals surface area contributed by atoms with E-state index in [1.165, 1.54) is 4.90 Å². The lowest BCUT2D eigenvalue weighted by Gasteiger charge is -2.14.